The van der Waals surface area contributed by atoms with Crippen molar-refractivity contribution < 1.29 is 47.4 Å². The second kappa shape index (κ2) is 16.5. The Bertz CT molecular complexity index is 1600. The highest BCUT2D eigenvalue weighted by molar-refractivity contribution is 6.14. The summed E-state index contributed by atoms with van der Waals surface area (Å²) in [6, 6.07) is 10.9. The number of carbonyl (C=O) groups excluding carboxylic acids is 1. The lowest BCUT2D eigenvalue weighted by atomic mass is 9.84. The molecule has 0 aliphatic carbocycles. The van der Waals surface area contributed by atoms with Crippen LogP contribution in [0.15, 0.2) is 65.4 Å². The summed E-state index contributed by atoms with van der Waals surface area (Å²) >= 11 is 0. The second-order valence-corrected chi connectivity index (χ2v) is 12.7. The Morgan fingerprint density at radius 3 is 2.34 bits per heavy atom. The first-order chi connectivity index (χ1) is 23.6. The van der Waals surface area contributed by atoms with Crippen LogP contribution in [-0.2, 0) is 20.7 Å². The fraction of sp³-hybridized carbons (Fsp3) is 0.486. The molecule has 0 aromatic heterocycles. The number of allylic oxidation sites excluding steroid dienone is 1. The molecule has 2 atom stereocenters. The molecule has 2 heterocycles. The molecule has 2 aromatic carbocycles. The second-order valence-electron chi connectivity index (χ2n) is 12.7. The summed E-state index contributed by atoms with van der Waals surface area (Å²) in [5.74, 6) is -2.18. The number of halogens is 3. The Balaban J connectivity index is 1.51. The summed E-state index contributed by atoms with van der Waals surface area (Å²) in [6.45, 7) is 6.20. The van der Waals surface area contributed by atoms with Crippen molar-refractivity contribution in [2.75, 3.05) is 33.4 Å². The Morgan fingerprint density at radius 1 is 1.12 bits per heavy atom. The largest absolute Gasteiger partial charge is 0.491 e. The fourth-order valence-electron chi connectivity index (χ4n) is 6.38. The molecule has 0 spiro atoms. The van der Waals surface area contributed by atoms with Crippen LogP contribution in [0.1, 0.15) is 51.2 Å². The normalized spacial score (nSPS) is 18.4. The van der Waals surface area contributed by atoms with Crippen molar-refractivity contribution in [3.8, 4) is 5.75 Å². The number of carboxylic acid groups (broad SMARTS) is 1. The summed E-state index contributed by atoms with van der Waals surface area (Å²) in [4.78, 5) is 36.5. The van der Waals surface area contributed by atoms with Gasteiger partial charge in [-0.3, -0.25) is 15.1 Å². The highest BCUT2D eigenvalue weighted by Gasteiger charge is 2.52. The number of hydrogen-bond donors (Lipinski definition) is 3. The molecule has 15 heteroatoms. The van der Waals surface area contributed by atoms with Gasteiger partial charge in [-0.2, -0.15) is 13.2 Å². The number of aliphatic hydroxyl groups excluding tert-OH is 1. The average molecular weight is 705 g/mol. The lowest BCUT2D eigenvalue weighted by molar-refractivity contribution is -0.384. The maximum Gasteiger partial charge on any atom is 0.433 e. The zero-order chi connectivity index (χ0) is 36.7. The highest BCUT2D eigenvalue weighted by Crippen LogP contribution is 2.46. The fourth-order valence-corrected chi connectivity index (χ4v) is 6.38. The van der Waals surface area contributed by atoms with E-state index in [1.807, 2.05) is 38.1 Å². The highest BCUT2D eigenvalue weighted by atomic mass is 19.4. The summed E-state index contributed by atoms with van der Waals surface area (Å²) in [7, 11) is 0.889. The first kappa shape index (κ1) is 38.3. The monoisotopic (exact) mass is 704 g/mol. The molecule has 12 nitrogen and oxygen atoms in total. The molecule has 2 aliphatic rings. The summed E-state index contributed by atoms with van der Waals surface area (Å²) in [5, 5.41) is 37.3. The third-order valence-electron chi connectivity index (χ3n) is 8.87. The topological polar surface area (TPSA) is 155 Å². The van der Waals surface area contributed by atoms with E-state index in [0.717, 1.165) is 42.7 Å². The van der Waals surface area contributed by atoms with Crippen LogP contribution in [-0.4, -0.2) is 94.8 Å². The van der Waals surface area contributed by atoms with Gasteiger partial charge in [0.15, 0.2) is 0 Å². The van der Waals surface area contributed by atoms with Crippen molar-refractivity contribution in [2.45, 2.75) is 70.8 Å². The van der Waals surface area contributed by atoms with E-state index in [-0.39, 0.29) is 37.2 Å². The van der Waals surface area contributed by atoms with Gasteiger partial charge in [0.25, 0.3) is 5.69 Å². The maximum atomic E-state index is 15.0. The molecular weight excluding hydrogens is 661 g/mol. The molecule has 1 fully saturated rings. The van der Waals surface area contributed by atoms with Gasteiger partial charge in [-0.25, -0.2) is 14.6 Å². The number of aliphatic hydroxyl groups is 1. The van der Waals surface area contributed by atoms with Crippen LogP contribution < -0.4 is 10.1 Å². The van der Waals surface area contributed by atoms with Gasteiger partial charge in [0, 0.05) is 43.4 Å². The molecule has 2 aliphatic heterocycles. The zero-order valence-corrected chi connectivity index (χ0v) is 28.4. The van der Waals surface area contributed by atoms with Crippen LogP contribution in [0.4, 0.5) is 18.9 Å². The van der Waals surface area contributed by atoms with E-state index in [0.29, 0.717) is 25.1 Å². The number of carbonyl (C=O) groups is 2. The minimum Gasteiger partial charge on any atom is -0.491 e. The van der Waals surface area contributed by atoms with Gasteiger partial charge in [0.1, 0.15) is 24.2 Å². The number of nitro benzene ring substituents is 1. The number of carboxylic acids is 1. The summed E-state index contributed by atoms with van der Waals surface area (Å²) < 4.78 is 55.5. The Hall–Kier alpha value is -4.47. The molecule has 50 heavy (non-hydrogen) atoms. The van der Waals surface area contributed by atoms with E-state index in [9.17, 15) is 29.9 Å². The number of non-ortho nitro benzene ring substituents is 1. The van der Waals surface area contributed by atoms with E-state index < -0.39 is 63.3 Å². The first-order valence-electron chi connectivity index (χ1n) is 16.4. The lowest BCUT2D eigenvalue weighted by Crippen LogP contribution is -2.56. The summed E-state index contributed by atoms with van der Waals surface area (Å²) in [5.41, 5.74) is -3.14. The number of methoxy groups -OCH3 is 1. The SMILES string of the molecule is COC(=O)C1=C(C(F)(F)F)N(N2CCC(CCc3ccc(OCC(O)CNC(C)C)cc3)CC2)C(C)C(C(=O)O)=C1c1cccc([N+](=O)[O-])c1. The molecule has 1 saturated heterocycles. The van der Waals surface area contributed by atoms with Crippen LogP contribution in [0.3, 0.4) is 0 Å². The van der Waals surface area contributed by atoms with Crippen LogP contribution in [0.2, 0.25) is 0 Å². The minimum absolute atomic E-state index is 0.152. The maximum absolute atomic E-state index is 15.0. The molecule has 4 rings (SSSR count). The third kappa shape index (κ3) is 9.20. The molecule has 2 aromatic rings. The molecule has 0 amide bonds. The lowest BCUT2D eigenvalue weighted by Gasteiger charge is -2.48. The number of ether oxygens (including phenoxy) is 2. The van der Waals surface area contributed by atoms with Gasteiger partial charge in [-0.15, -0.1) is 0 Å². The number of nitro groups is 1. The number of hydrazine groups is 1. The van der Waals surface area contributed by atoms with E-state index in [2.05, 4.69) is 5.32 Å². The van der Waals surface area contributed by atoms with Crippen molar-refractivity contribution in [2.24, 2.45) is 5.92 Å². The zero-order valence-electron chi connectivity index (χ0n) is 28.4. The van der Waals surface area contributed by atoms with Crippen molar-refractivity contribution >= 4 is 23.2 Å². The third-order valence-corrected chi connectivity index (χ3v) is 8.87. The van der Waals surface area contributed by atoms with Gasteiger partial charge in [0.2, 0.25) is 0 Å². The number of aryl methyl sites for hydroxylation is 1. The standard InChI is InChI=1S/C35H43F3N4O8/c1-21(2)39-19-27(43)20-50-28-12-10-23(11-13-28)8-9-24-14-16-40(17-15-24)41-22(3)29(33(44)45)30(25-6-5-7-26(18-25)42(47)48)31(34(46)49-4)32(41)35(36,37)38/h5-7,10-13,18,21-22,24,27,39,43H,8-9,14-17,19-20H2,1-4H3,(H,44,45). The van der Waals surface area contributed by atoms with E-state index in [4.69, 9.17) is 9.47 Å². The number of esters is 1. The number of nitrogens with zero attached hydrogens (tertiary/aromatic N) is 3. The molecular formula is C35H43F3N4O8. The molecule has 0 radical (unpaired) electrons. The predicted octanol–water partition coefficient (Wildman–Crippen LogP) is 5.12. The van der Waals surface area contributed by atoms with Gasteiger partial charge in [-0.1, -0.05) is 38.1 Å². The average Bonchev–Trinajstić information content (AvgIpc) is 3.08. The van der Waals surface area contributed by atoms with Crippen LogP contribution in [0.25, 0.3) is 5.57 Å². The molecule has 2 unspecified atom stereocenters. The number of aliphatic carboxylic acids is 1. The molecule has 3 N–H and O–H groups in total. The van der Waals surface area contributed by atoms with Crippen molar-refractivity contribution in [1.82, 2.24) is 15.3 Å². The number of hydrogen-bond acceptors (Lipinski definition) is 10. The number of piperidine rings is 1. The number of benzene rings is 2. The Labute approximate surface area is 288 Å². The number of rotatable bonds is 14. The van der Waals surface area contributed by atoms with Crippen LogP contribution in [0.5, 0.6) is 5.75 Å². The van der Waals surface area contributed by atoms with Crippen LogP contribution in [0, 0.1) is 16.0 Å². The smallest absolute Gasteiger partial charge is 0.433 e. The van der Waals surface area contributed by atoms with Crippen LogP contribution >= 0.6 is 0 Å². The first-order valence-corrected chi connectivity index (χ1v) is 16.4. The molecule has 0 saturated carbocycles. The molecule has 272 valence electrons. The van der Waals surface area contributed by atoms with Crippen molar-refractivity contribution in [3.05, 3.63) is 86.6 Å². The Kier molecular flexibility index (Phi) is 12.6. The quantitative estimate of drug-likeness (QED) is 0.136. The van der Waals surface area contributed by atoms with Gasteiger partial charge < -0.3 is 25.0 Å². The van der Waals surface area contributed by atoms with Gasteiger partial charge >= 0.3 is 18.1 Å². The predicted molar refractivity (Wildman–Crippen MR) is 178 cm³/mol. The number of nitrogens with one attached hydrogen (secondary N) is 1. The Morgan fingerprint density at radius 2 is 1.78 bits per heavy atom. The summed E-state index contributed by atoms with van der Waals surface area (Å²) in [6.07, 6.45) is -3.22. The van der Waals surface area contributed by atoms with Crippen molar-refractivity contribution in [3.63, 3.8) is 0 Å². The van der Waals surface area contributed by atoms with Gasteiger partial charge in [-0.05, 0) is 61.8 Å². The van der Waals surface area contributed by atoms with E-state index >= 15 is 13.2 Å². The van der Waals surface area contributed by atoms with E-state index in [1.165, 1.54) is 24.1 Å². The minimum atomic E-state index is -5.12. The number of alkyl halides is 3. The molecule has 0 bridgehead atoms. The van der Waals surface area contributed by atoms with Crippen molar-refractivity contribution in [1.29, 1.82) is 0 Å². The van der Waals surface area contributed by atoms with E-state index in [1.54, 1.807) is 0 Å². The van der Waals surface area contributed by atoms with Gasteiger partial charge in [0.05, 0.1) is 29.2 Å².